The lowest BCUT2D eigenvalue weighted by Gasteiger charge is -2.37. The second-order valence-electron chi connectivity index (χ2n) is 5.24. The van der Waals surface area contributed by atoms with Crippen LogP contribution in [-0.4, -0.2) is 56.9 Å². The number of rotatable bonds is 5. The SMILES string of the molecule is CCCNC1CCN(C(=O)CS(C)(=O)=O)CC1C. The maximum atomic E-state index is 11.8. The van der Waals surface area contributed by atoms with Gasteiger partial charge < -0.3 is 10.2 Å². The van der Waals surface area contributed by atoms with E-state index in [0.29, 0.717) is 25.0 Å². The van der Waals surface area contributed by atoms with Crippen molar-refractivity contribution in [3.05, 3.63) is 0 Å². The van der Waals surface area contributed by atoms with E-state index in [-0.39, 0.29) is 11.7 Å². The van der Waals surface area contributed by atoms with Crippen molar-refractivity contribution in [2.24, 2.45) is 5.92 Å². The number of hydrogen-bond donors (Lipinski definition) is 1. The zero-order valence-corrected chi connectivity index (χ0v) is 12.3. The van der Waals surface area contributed by atoms with Crippen LogP contribution in [0, 0.1) is 5.92 Å². The Hall–Kier alpha value is -0.620. The summed E-state index contributed by atoms with van der Waals surface area (Å²) in [5, 5.41) is 3.47. The number of hydrogen-bond acceptors (Lipinski definition) is 4. The van der Waals surface area contributed by atoms with E-state index in [2.05, 4.69) is 19.2 Å². The summed E-state index contributed by atoms with van der Waals surface area (Å²) in [5.41, 5.74) is 0. The Morgan fingerprint density at radius 1 is 1.44 bits per heavy atom. The van der Waals surface area contributed by atoms with E-state index in [1.165, 1.54) is 0 Å². The highest BCUT2D eigenvalue weighted by atomic mass is 32.2. The molecule has 0 aromatic rings. The zero-order valence-electron chi connectivity index (χ0n) is 11.5. The van der Waals surface area contributed by atoms with Crippen LogP contribution in [0.15, 0.2) is 0 Å². The fourth-order valence-corrected chi connectivity index (χ4v) is 2.95. The van der Waals surface area contributed by atoms with E-state index < -0.39 is 9.84 Å². The molecular weight excluding hydrogens is 252 g/mol. The van der Waals surface area contributed by atoms with E-state index in [0.717, 1.165) is 25.6 Å². The predicted molar refractivity (Wildman–Crippen MR) is 72.2 cm³/mol. The Labute approximate surface area is 110 Å². The Morgan fingerprint density at radius 2 is 2.11 bits per heavy atom. The van der Waals surface area contributed by atoms with Crippen LogP contribution in [-0.2, 0) is 14.6 Å². The summed E-state index contributed by atoms with van der Waals surface area (Å²) in [7, 11) is -3.22. The quantitative estimate of drug-likeness (QED) is 0.782. The maximum Gasteiger partial charge on any atom is 0.237 e. The third-order valence-electron chi connectivity index (χ3n) is 3.30. The molecule has 1 aliphatic heterocycles. The number of carbonyl (C=O) groups is 1. The van der Waals surface area contributed by atoms with Crippen LogP contribution in [0.3, 0.4) is 0 Å². The molecule has 1 rings (SSSR count). The molecule has 0 aromatic carbocycles. The molecule has 0 aromatic heterocycles. The second kappa shape index (κ2) is 6.52. The molecular formula is C12H24N2O3S. The van der Waals surface area contributed by atoms with Crippen molar-refractivity contribution in [2.45, 2.75) is 32.7 Å². The number of nitrogens with one attached hydrogen (secondary N) is 1. The monoisotopic (exact) mass is 276 g/mol. The second-order valence-corrected chi connectivity index (χ2v) is 7.38. The summed E-state index contributed by atoms with van der Waals surface area (Å²) < 4.78 is 22.2. The molecule has 1 heterocycles. The summed E-state index contributed by atoms with van der Waals surface area (Å²) in [6.07, 6.45) is 3.10. The highest BCUT2D eigenvalue weighted by Gasteiger charge is 2.29. The molecule has 106 valence electrons. The topological polar surface area (TPSA) is 66.5 Å². The highest BCUT2D eigenvalue weighted by Crippen LogP contribution is 2.17. The van der Waals surface area contributed by atoms with Crippen LogP contribution in [0.1, 0.15) is 26.7 Å². The molecule has 0 aliphatic carbocycles. The van der Waals surface area contributed by atoms with Crippen LogP contribution in [0.5, 0.6) is 0 Å². The minimum atomic E-state index is -3.22. The molecule has 0 bridgehead atoms. The molecule has 0 radical (unpaired) electrons. The molecule has 18 heavy (non-hydrogen) atoms. The highest BCUT2D eigenvalue weighted by molar-refractivity contribution is 7.91. The van der Waals surface area contributed by atoms with Crippen molar-refractivity contribution < 1.29 is 13.2 Å². The fraction of sp³-hybridized carbons (Fsp3) is 0.917. The van der Waals surface area contributed by atoms with Gasteiger partial charge in [-0.1, -0.05) is 13.8 Å². The number of carbonyl (C=O) groups excluding carboxylic acids is 1. The van der Waals surface area contributed by atoms with Crippen LogP contribution in [0.4, 0.5) is 0 Å². The number of nitrogens with zero attached hydrogens (tertiary/aromatic N) is 1. The summed E-state index contributed by atoms with van der Waals surface area (Å²) in [5.74, 6) is -0.264. The van der Waals surface area contributed by atoms with Crippen molar-refractivity contribution in [3.63, 3.8) is 0 Å². The van der Waals surface area contributed by atoms with Crippen molar-refractivity contribution in [1.29, 1.82) is 0 Å². The van der Waals surface area contributed by atoms with Crippen molar-refractivity contribution in [2.75, 3.05) is 31.6 Å². The van der Waals surface area contributed by atoms with Gasteiger partial charge in [-0.25, -0.2) is 8.42 Å². The lowest BCUT2D eigenvalue weighted by atomic mass is 9.94. The smallest absolute Gasteiger partial charge is 0.237 e. The van der Waals surface area contributed by atoms with E-state index in [1.54, 1.807) is 4.90 Å². The van der Waals surface area contributed by atoms with E-state index >= 15 is 0 Å². The van der Waals surface area contributed by atoms with Gasteiger partial charge in [0.05, 0.1) is 0 Å². The van der Waals surface area contributed by atoms with Crippen LogP contribution < -0.4 is 5.32 Å². The van der Waals surface area contributed by atoms with Gasteiger partial charge in [-0.2, -0.15) is 0 Å². The first-order valence-corrected chi connectivity index (χ1v) is 8.58. The minimum Gasteiger partial charge on any atom is -0.341 e. The zero-order chi connectivity index (χ0) is 13.8. The number of piperidine rings is 1. The maximum absolute atomic E-state index is 11.8. The minimum absolute atomic E-state index is 0.265. The Bertz CT molecular complexity index is 381. The van der Waals surface area contributed by atoms with Crippen LogP contribution >= 0.6 is 0 Å². The van der Waals surface area contributed by atoms with Crippen molar-refractivity contribution in [1.82, 2.24) is 10.2 Å². The molecule has 1 saturated heterocycles. The molecule has 2 atom stereocenters. The van der Waals surface area contributed by atoms with E-state index in [9.17, 15) is 13.2 Å². The largest absolute Gasteiger partial charge is 0.341 e. The molecule has 1 amide bonds. The number of likely N-dealkylation sites (tertiary alicyclic amines) is 1. The third-order valence-corrected chi connectivity index (χ3v) is 4.07. The molecule has 2 unspecified atom stereocenters. The van der Waals surface area contributed by atoms with Gasteiger partial charge in [0.1, 0.15) is 5.75 Å². The molecule has 1 aliphatic rings. The molecule has 6 heteroatoms. The standard InChI is InChI=1S/C12H24N2O3S/c1-4-6-13-11-5-7-14(8-10(11)2)12(15)9-18(3,16)17/h10-11,13H,4-9H2,1-3H3. The fourth-order valence-electron chi connectivity index (χ4n) is 2.32. The lowest BCUT2D eigenvalue weighted by Crippen LogP contribution is -2.51. The van der Waals surface area contributed by atoms with Crippen LogP contribution in [0.25, 0.3) is 0 Å². The first-order chi connectivity index (χ1) is 8.33. The first kappa shape index (κ1) is 15.4. The normalized spacial score (nSPS) is 25.2. The Morgan fingerprint density at radius 3 is 2.61 bits per heavy atom. The summed E-state index contributed by atoms with van der Waals surface area (Å²) in [4.78, 5) is 13.5. The van der Waals surface area contributed by atoms with Crippen LogP contribution in [0.2, 0.25) is 0 Å². The summed E-state index contributed by atoms with van der Waals surface area (Å²) in [6.45, 7) is 6.53. The Kier molecular flexibility index (Phi) is 5.59. The van der Waals surface area contributed by atoms with Gasteiger partial charge in [0.2, 0.25) is 5.91 Å². The molecule has 5 nitrogen and oxygen atoms in total. The third kappa shape index (κ3) is 4.94. The van der Waals surface area contributed by atoms with Gasteiger partial charge in [-0.3, -0.25) is 4.79 Å². The average Bonchev–Trinajstić information content (AvgIpc) is 2.25. The predicted octanol–water partition coefficient (Wildman–Crippen LogP) is 0.268. The van der Waals surface area contributed by atoms with Gasteiger partial charge >= 0.3 is 0 Å². The summed E-state index contributed by atoms with van der Waals surface area (Å²) in [6, 6.07) is 0.437. The summed E-state index contributed by atoms with van der Waals surface area (Å²) >= 11 is 0. The van der Waals surface area contributed by atoms with Crippen molar-refractivity contribution in [3.8, 4) is 0 Å². The number of sulfone groups is 1. The van der Waals surface area contributed by atoms with Gasteiger partial charge in [0, 0.05) is 25.4 Å². The Balaban J connectivity index is 2.47. The molecule has 0 saturated carbocycles. The molecule has 1 fully saturated rings. The average molecular weight is 276 g/mol. The van der Waals surface area contributed by atoms with Gasteiger partial charge in [0.15, 0.2) is 9.84 Å². The first-order valence-electron chi connectivity index (χ1n) is 6.52. The van der Waals surface area contributed by atoms with Crippen molar-refractivity contribution >= 4 is 15.7 Å². The number of amides is 1. The lowest BCUT2D eigenvalue weighted by molar-refractivity contribution is -0.130. The van der Waals surface area contributed by atoms with Gasteiger partial charge in [-0.15, -0.1) is 0 Å². The van der Waals surface area contributed by atoms with E-state index in [4.69, 9.17) is 0 Å². The van der Waals surface area contributed by atoms with Gasteiger partial charge in [-0.05, 0) is 25.3 Å². The van der Waals surface area contributed by atoms with E-state index in [1.807, 2.05) is 0 Å². The molecule has 1 N–H and O–H groups in total. The van der Waals surface area contributed by atoms with Gasteiger partial charge in [0.25, 0.3) is 0 Å². The molecule has 0 spiro atoms.